The lowest BCUT2D eigenvalue weighted by molar-refractivity contribution is -0.0141. The molecule has 4 nitrogen and oxygen atoms in total. The molecular weight excluding hydrogens is 408 g/mol. The first-order chi connectivity index (χ1) is 15.3. The summed E-state index contributed by atoms with van der Waals surface area (Å²) in [5, 5.41) is 3.85. The quantitative estimate of drug-likeness (QED) is 0.485. The number of alkyl halides is 2. The zero-order valence-electron chi connectivity index (χ0n) is 17.9. The molecule has 1 atom stereocenters. The molecule has 3 aromatic rings. The van der Waals surface area contributed by atoms with Crippen molar-refractivity contribution in [2.45, 2.75) is 62.3 Å². The maximum Gasteiger partial charge on any atom is 0.257 e. The minimum Gasteiger partial charge on any atom is -0.322 e. The Morgan fingerprint density at radius 3 is 2.62 bits per heavy atom. The number of fused-ring (bicyclic) bond motifs is 1. The Hall–Kier alpha value is -2.86. The number of aromatic nitrogens is 1. The summed E-state index contributed by atoms with van der Waals surface area (Å²) < 4.78 is 28.0. The van der Waals surface area contributed by atoms with Gasteiger partial charge < -0.3 is 11.1 Å². The first-order valence-electron chi connectivity index (χ1n) is 11.3. The van der Waals surface area contributed by atoms with Crippen LogP contribution < -0.4 is 11.1 Å². The average Bonchev–Trinajstić information content (AvgIpc) is 3.56. The van der Waals surface area contributed by atoms with Gasteiger partial charge in [0.2, 0.25) is 5.92 Å². The lowest BCUT2D eigenvalue weighted by Crippen LogP contribution is -2.20. The number of benzene rings is 2. The van der Waals surface area contributed by atoms with Crippen molar-refractivity contribution in [1.82, 2.24) is 4.98 Å². The van der Waals surface area contributed by atoms with Crippen molar-refractivity contribution in [3.63, 3.8) is 0 Å². The molecule has 6 heteroatoms. The Bertz CT molecular complexity index is 1170. The summed E-state index contributed by atoms with van der Waals surface area (Å²) in [7, 11) is 0. The van der Waals surface area contributed by atoms with Crippen LogP contribution in [0.1, 0.15) is 72.5 Å². The summed E-state index contributed by atoms with van der Waals surface area (Å²) in [6.07, 6.45) is 2.95. The number of carbonyl (C=O) groups excluding carboxylic acids is 1. The Kier molecular flexibility index (Phi) is 5.20. The highest BCUT2D eigenvalue weighted by Crippen LogP contribution is 2.43. The molecule has 1 unspecified atom stereocenters. The minimum atomic E-state index is -2.64. The molecule has 0 saturated heterocycles. The van der Waals surface area contributed by atoms with Crippen LogP contribution in [0.2, 0.25) is 0 Å². The van der Waals surface area contributed by atoms with E-state index >= 15 is 0 Å². The maximum absolute atomic E-state index is 14.0. The van der Waals surface area contributed by atoms with E-state index in [2.05, 4.69) is 5.32 Å². The van der Waals surface area contributed by atoms with Gasteiger partial charge in [-0.15, -0.1) is 0 Å². The van der Waals surface area contributed by atoms with E-state index in [1.807, 2.05) is 54.6 Å². The second-order valence-electron chi connectivity index (χ2n) is 9.29. The topological polar surface area (TPSA) is 68.0 Å². The Morgan fingerprint density at radius 2 is 1.81 bits per heavy atom. The normalized spacial score (nSPS) is 21.7. The molecular formula is C26H27F2N3O. The third kappa shape index (κ3) is 4.24. The number of amides is 1. The van der Waals surface area contributed by atoms with Gasteiger partial charge in [-0.2, -0.15) is 0 Å². The third-order valence-electron chi connectivity index (χ3n) is 6.82. The molecule has 5 rings (SSSR count). The van der Waals surface area contributed by atoms with Gasteiger partial charge in [0, 0.05) is 35.4 Å². The predicted octanol–water partition coefficient (Wildman–Crippen LogP) is 6.12. The van der Waals surface area contributed by atoms with Gasteiger partial charge in [0.25, 0.3) is 5.91 Å². The molecule has 166 valence electrons. The Balaban J connectivity index is 1.49. The summed E-state index contributed by atoms with van der Waals surface area (Å²) in [5.41, 5.74) is 9.56. The molecule has 0 radical (unpaired) electrons. The smallest absolute Gasteiger partial charge is 0.257 e. The summed E-state index contributed by atoms with van der Waals surface area (Å²) in [6, 6.07) is 17.1. The first-order valence-corrected chi connectivity index (χ1v) is 11.3. The first kappa shape index (κ1) is 21.0. The highest BCUT2D eigenvalue weighted by Gasteiger charge is 2.40. The van der Waals surface area contributed by atoms with Gasteiger partial charge in [-0.1, -0.05) is 30.3 Å². The zero-order valence-corrected chi connectivity index (χ0v) is 17.9. The van der Waals surface area contributed by atoms with E-state index < -0.39 is 5.92 Å². The number of rotatable bonds is 4. The summed E-state index contributed by atoms with van der Waals surface area (Å²) in [6.45, 7) is 0. The zero-order chi connectivity index (χ0) is 22.3. The highest BCUT2D eigenvalue weighted by molar-refractivity contribution is 6.07. The molecule has 1 amide bonds. The standard InChI is InChI=1S/C26H27F2N3O/c27-26(28)11-4-6-17(10-12-26)23-21(15-18-5-1-2-9-22(18)31-23)24(32)30-20-8-3-7-19(16-20)25(29)13-14-25/h1-3,5,7-9,15-17H,4,6,10-14,29H2,(H,30,32). The van der Waals surface area contributed by atoms with Gasteiger partial charge in [0.1, 0.15) is 0 Å². The molecule has 0 aliphatic heterocycles. The molecule has 2 aromatic carbocycles. The highest BCUT2D eigenvalue weighted by atomic mass is 19.3. The van der Waals surface area contributed by atoms with E-state index in [0.29, 0.717) is 36.2 Å². The summed E-state index contributed by atoms with van der Waals surface area (Å²) in [4.78, 5) is 18.2. The maximum atomic E-state index is 14.0. The van der Waals surface area contributed by atoms with Crippen LogP contribution in [0.3, 0.4) is 0 Å². The van der Waals surface area contributed by atoms with Crippen molar-refractivity contribution in [2.75, 3.05) is 5.32 Å². The van der Waals surface area contributed by atoms with E-state index in [9.17, 15) is 13.6 Å². The van der Waals surface area contributed by atoms with Crippen molar-refractivity contribution < 1.29 is 13.6 Å². The summed E-state index contributed by atoms with van der Waals surface area (Å²) in [5.74, 6) is -3.08. The molecule has 32 heavy (non-hydrogen) atoms. The van der Waals surface area contributed by atoms with Crippen LogP contribution in [0.25, 0.3) is 10.9 Å². The van der Waals surface area contributed by atoms with Crippen LogP contribution in [0.15, 0.2) is 54.6 Å². The van der Waals surface area contributed by atoms with Crippen molar-refractivity contribution >= 4 is 22.5 Å². The largest absolute Gasteiger partial charge is 0.322 e. The summed E-state index contributed by atoms with van der Waals surface area (Å²) >= 11 is 0. The number of halogens is 2. The minimum absolute atomic E-state index is 0.105. The van der Waals surface area contributed by atoms with E-state index in [1.54, 1.807) is 0 Å². The fourth-order valence-corrected chi connectivity index (χ4v) is 4.69. The number of anilines is 1. The Labute approximate surface area is 186 Å². The van der Waals surface area contributed by atoms with Gasteiger partial charge in [-0.25, -0.2) is 8.78 Å². The van der Waals surface area contributed by atoms with Crippen LogP contribution in [0.4, 0.5) is 14.5 Å². The van der Waals surface area contributed by atoms with Crippen molar-refractivity contribution in [2.24, 2.45) is 5.73 Å². The van der Waals surface area contributed by atoms with Gasteiger partial charge in [0.15, 0.2) is 0 Å². The molecule has 2 aliphatic carbocycles. The monoisotopic (exact) mass is 435 g/mol. The second kappa shape index (κ2) is 7.93. The van der Waals surface area contributed by atoms with Crippen molar-refractivity contribution in [1.29, 1.82) is 0 Å². The van der Waals surface area contributed by atoms with Gasteiger partial charge in [0.05, 0.1) is 16.8 Å². The van der Waals surface area contributed by atoms with E-state index in [0.717, 1.165) is 29.3 Å². The molecule has 1 heterocycles. The predicted molar refractivity (Wildman–Crippen MR) is 122 cm³/mol. The number of para-hydroxylation sites is 1. The molecule has 3 N–H and O–H groups in total. The van der Waals surface area contributed by atoms with Gasteiger partial charge in [-0.3, -0.25) is 9.78 Å². The molecule has 2 aliphatic rings. The number of hydrogen-bond acceptors (Lipinski definition) is 3. The number of carbonyl (C=O) groups is 1. The molecule has 2 fully saturated rings. The SMILES string of the molecule is NC1(c2cccc(NC(=O)c3cc4ccccc4nc3C3CCCC(F)(F)CC3)c2)CC1. The van der Waals surface area contributed by atoms with E-state index in [-0.39, 0.29) is 30.2 Å². The fraction of sp³-hybridized carbons (Fsp3) is 0.385. The van der Waals surface area contributed by atoms with E-state index in [1.165, 1.54) is 0 Å². The molecule has 0 spiro atoms. The van der Waals surface area contributed by atoms with Crippen LogP contribution >= 0.6 is 0 Å². The fourth-order valence-electron chi connectivity index (χ4n) is 4.69. The Morgan fingerprint density at radius 1 is 1.00 bits per heavy atom. The van der Waals surface area contributed by atoms with Crippen molar-refractivity contribution in [3.05, 3.63) is 71.4 Å². The second-order valence-corrected chi connectivity index (χ2v) is 9.29. The van der Waals surface area contributed by atoms with Crippen LogP contribution in [0, 0.1) is 0 Å². The number of nitrogens with one attached hydrogen (secondary N) is 1. The van der Waals surface area contributed by atoms with Gasteiger partial charge in [-0.05, 0) is 61.9 Å². The number of nitrogens with two attached hydrogens (primary N) is 1. The molecule has 0 bridgehead atoms. The lowest BCUT2D eigenvalue weighted by Gasteiger charge is -2.19. The number of nitrogens with zero attached hydrogens (tertiary/aromatic N) is 1. The van der Waals surface area contributed by atoms with Crippen LogP contribution in [-0.2, 0) is 5.54 Å². The lowest BCUT2D eigenvalue weighted by atomic mass is 9.91. The van der Waals surface area contributed by atoms with Crippen LogP contribution in [0.5, 0.6) is 0 Å². The number of hydrogen-bond donors (Lipinski definition) is 2. The van der Waals surface area contributed by atoms with Gasteiger partial charge >= 0.3 is 0 Å². The average molecular weight is 436 g/mol. The van der Waals surface area contributed by atoms with Crippen LogP contribution in [-0.4, -0.2) is 16.8 Å². The number of pyridine rings is 1. The van der Waals surface area contributed by atoms with E-state index in [4.69, 9.17) is 10.7 Å². The molecule has 1 aromatic heterocycles. The molecule has 2 saturated carbocycles. The third-order valence-corrected chi connectivity index (χ3v) is 6.82. The van der Waals surface area contributed by atoms with Crippen molar-refractivity contribution in [3.8, 4) is 0 Å².